The van der Waals surface area contributed by atoms with Crippen LogP contribution in [0.5, 0.6) is 5.75 Å². The molecular weight excluding hydrogens is 238 g/mol. The van der Waals surface area contributed by atoms with Gasteiger partial charge in [0.1, 0.15) is 5.75 Å². The van der Waals surface area contributed by atoms with Crippen molar-refractivity contribution in [3.8, 4) is 5.75 Å². The van der Waals surface area contributed by atoms with Gasteiger partial charge in [-0.2, -0.15) is 0 Å². The molecular formula is C8H10BrNO3. The molecule has 0 unspecified atom stereocenters. The van der Waals surface area contributed by atoms with Gasteiger partial charge in [-0.1, -0.05) is 22.0 Å². The molecule has 0 aliphatic heterocycles. The summed E-state index contributed by atoms with van der Waals surface area (Å²) in [4.78, 5) is 9.26. The maximum atomic E-state index is 9.26. The lowest BCUT2D eigenvalue weighted by atomic mass is 10.3. The first-order valence-corrected chi connectivity index (χ1v) is 4.20. The minimum atomic E-state index is -0.995. The molecule has 3 N–H and O–H groups in total. The van der Waals surface area contributed by atoms with Crippen LogP contribution >= 0.6 is 15.9 Å². The number of halogens is 1. The lowest BCUT2D eigenvalue weighted by Crippen LogP contribution is -2.13. The van der Waals surface area contributed by atoms with Crippen LogP contribution in [-0.4, -0.2) is 23.4 Å². The Labute approximate surface area is 84.3 Å². The van der Waals surface area contributed by atoms with E-state index in [0.29, 0.717) is 5.75 Å². The second-order valence-corrected chi connectivity index (χ2v) is 2.95. The fourth-order valence-corrected chi connectivity index (χ4v) is 0.863. The van der Waals surface area contributed by atoms with Crippen molar-refractivity contribution in [2.75, 3.05) is 7.05 Å². The van der Waals surface area contributed by atoms with Crippen molar-refractivity contribution in [2.24, 2.45) is 0 Å². The van der Waals surface area contributed by atoms with Crippen LogP contribution in [0.1, 0.15) is 0 Å². The summed E-state index contributed by atoms with van der Waals surface area (Å²) in [5, 5.41) is 18.3. The number of phenolic OH excluding ortho intramolecular Hbond substituents is 1. The monoisotopic (exact) mass is 247 g/mol. The molecule has 0 saturated heterocycles. The summed E-state index contributed by atoms with van der Waals surface area (Å²) in [5.74, 6) is 0.291. The zero-order valence-corrected chi connectivity index (χ0v) is 8.58. The van der Waals surface area contributed by atoms with Crippen LogP contribution in [-0.2, 0) is 0 Å². The highest BCUT2D eigenvalue weighted by Crippen LogP contribution is 2.15. The molecule has 0 aliphatic rings. The summed E-state index contributed by atoms with van der Waals surface area (Å²) in [6, 6.07) is 6.91. The number of hydrogen-bond donors (Lipinski definition) is 3. The molecule has 0 radical (unpaired) electrons. The van der Waals surface area contributed by atoms with Crippen molar-refractivity contribution in [3.63, 3.8) is 0 Å². The molecule has 0 spiro atoms. The first kappa shape index (κ1) is 11.8. The van der Waals surface area contributed by atoms with Gasteiger partial charge in [0.15, 0.2) is 0 Å². The molecule has 5 heteroatoms. The maximum absolute atomic E-state index is 9.26. The third kappa shape index (κ3) is 7.14. The third-order valence-electron chi connectivity index (χ3n) is 1.02. The summed E-state index contributed by atoms with van der Waals surface area (Å²) in [6.07, 6.45) is -0.995. The smallest absolute Gasteiger partial charge is 0.404 e. The van der Waals surface area contributed by atoms with Crippen LogP contribution in [0.3, 0.4) is 0 Å². The number of amides is 1. The molecule has 0 atom stereocenters. The number of carbonyl (C=O) groups is 1. The lowest BCUT2D eigenvalue weighted by molar-refractivity contribution is 0.197. The first-order valence-electron chi connectivity index (χ1n) is 3.41. The van der Waals surface area contributed by atoms with Gasteiger partial charge in [-0.15, -0.1) is 0 Å². The van der Waals surface area contributed by atoms with Gasteiger partial charge in [0.05, 0.1) is 0 Å². The van der Waals surface area contributed by atoms with Gasteiger partial charge >= 0.3 is 6.09 Å². The second-order valence-electron chi connectivity index (χ2n) is 2.04. The van der Waals surface area contributed by atoms with Crippen LogP contribution < -0.4 is 5.32 Å². The average Bonchev–Trinajstić information content (AvgIpc) is 2.05. The van der Waals surface area contributed by atoms with Crippen molar-refractivity contribution in [1.29, 1.82) is 0 Å². The Kier molecular flexibility index (Phi) is 5.71. The van der Waals surface area contributed by atoms with E-state index in [2.05, 4.69) is 15.9 Å². The van der Waals surface area contributed by atoms with Crippen molar-refractivity contribution in [2.45, 2.75) is 0 Å². The van der Waals surface area contributed by atoms with Crippen LogP contribution in [0.2, 0.25) is 0 Å². The number of nitrogens with one attached hydrogen (secondary N) is 1. The Bertz CT molecular complexity index is 261. The normalized spacial score (nSPS) is 8.15. The molecule has 1 aromatic rings. The number of benzene rings is 1. The SMILES string of the molecule is CNC(=O)O.Oc1cccc(Br)c1. The van der Waals surface area contributed by atoms with E-state index >= 15 is 0 Å². The highest BCUT2D eigenvalue weighted by Gasteiger charge is 1.84. The molecule has 13 heavy (non-hydrogen) atoms. The van der Waals surface area contributed by atoms with E-state index in [1.54, 1.807) is 18.2 Å². The van der Waals surface area contributed by atoms with Crippen LogP contribution in [0.4, 0.5) is 4.79 Å². The Balaban J connectivity index is 0.000000252. The molecule has 1 amide bonds. The largest absolute Gasteiger partial charge is 0.508 e. The molecule has 0 aromatic heterocycles. The Morgan fingerprint density at radius 3 is 2.31 bits per heavy atom. The summed E-state index contributed by atoms with van der Waals surface area (Å²) in [5.41, 5.74) is 0. The van der Waals surface area contributed by atoms with Gasteiger partial charge in [-0.3, -0.25) is 0 Å². The van der Waals surface area contributed by atoms with E-state index < -0.39 is 6.09 Å². The number of hydrogen-bond acceptors (Lipinski definition) is 2. The molecule has 0 aliphatic carbocycles. The third-order valence-corrected chi connectivity index (χ3v) is 1.52. The molecule has 0 saturated carbocycles. The van der Waals surface area contributed by atoms with Gasteiger partial charge in [-0.25, -0.2) is 4.79 Å². The zero-order chi connectivity index (χ0) is 10.3. The van der Waals surface area contributed by atoms with E-state index in [1.165, 1.54) is 7.05 Å². The van der Waals surface area contributed by atoms with Gasteiger partial charge in [-0.05, 0) is 18.2 Å². The van der Waals surface area contributed by atoms with Crippen molar-refractivity contribution in [3.05, 3.63) is 28.7 Å². The first-order chi connectivity index (χ1) is 6.06. The predicted octanol–water partition coefficient (Wildman–Crippen LogP) is 2.04. The minimum Gasteiger partial charge on any atom is -0.508 e. The second kappa shape index (κ2) is 6.30. The quantitative estimate of drug-likeness (QED) is 0.658. The standard InChI is InChI=1S/C6H5BrO.C2H5NO2/c7-5-2-1-3-6(8)4-5;1-3-2(4)5/h1-4,8H;3H,1H3,(H,4,5). The fraction of sp³-hybridized carbons (Fsp3) is 0.125. The van der Waals surface area contributed by atoms with E-state index in [1.807, 2.05) is 11.4 Å². The van der Waals surface area contributed by atoms with Gasteiger partial charge in [0.25, 0.3) is 0 Å². The fourth-order valence-electron chi connectivity index (χ4n) is 0.476. The number of phenols is 1. The highest BCUT2D eigenvalue weighted by molar-refractivity contribution is 9.10. The number of aromatic hydroxyl groups is 1. The molecule has 1 rings (SSSR count). The Morgan fingerprint density at radius 1 is 1.54 bits per heavy atom. The molecule has 4 nitrogen and oxygen atoms in total. The van der Waals surface area contributed by atoms with E-state index in [-0.39, 0.29) is 0 Å². The predicted molar refractivity (Wildman–Crippen MR) is 52.9 cm³/mol. The average molecular weight is 248 g/mol. The summed E-state index contributed by atoms with van der Waals surface area (Å²) in [6.45, 7) is 0. The van der Waals surface area contributed by atoms with E-state index in [4.69, 9.17) is 10.2 Å². The lowest BCUT2D eigenvalue weighted by Gasteiger charge is -1.88. The van der Waals surface area contributed by atoms with E-state index in [9.17, 15) is 4.79 Å². The minimum absolute atomic E-state index is 0.291. The highest BCUT2D eigenvalue weighted by atomic mass is 79.9. The van der Waals surface area contributed by atoms with Crippen molar-refractivity contribution in [1.82, 2.24) is 5.32 Å². The maximum Gasteiger partial charge on any atom is 0.404 e. The van der Waals surface area contributed by atoms with Crippen LogP contribution in [0, 0.1) is 0 Å². The molecule has 0 fully saturated rings. The Morgan fingerprint density at radius 2 is 2.08 bits per heavy atom. The summed E-state index contributed by atoms with van der Waals surface area (Å²) in [7, 11) is 1.35. The summed E-state index contributed by atoms with van der Waals surface area (Å²) < 4.78 is 0.900. The zero-order valence-electron chi connectivity index (χ0n) is 6.99. The van der Waals surface area contributed by atoms with Gasteiger partial charge in [0.2, 0.25) is 0 Å². The Hall–Kier alpha value is -1.23. The number of rotatable bonds is 0. The molecule has 72 valence electrons. The molecule has 0 heterocycles. The van der Waals surface area contributed by atoms with Gasteiger partial charge < -0.3 is 15.5 Å². The van der Waals surface area contributed by atoms with E-state index in [0.717, 1.165) is 4.47 Å². The summed E-state index contributed by atoms with van der Waals surface area (Å²) >= 11 is 3.20. The topological polar surface area (TPSA) is 69.6 Å². The van der Waals surface area contributed by atoms with Crippen LogP contribution in [0.15, 0.2) is 28.7 Å². The van der Waals surface area contributed by atoms with Crippen molar-refractivity contribution < 1.29 is 15.0 Å². The van der Waals surface area contributed by atoms with Crippen molar-refractivity contribution >= 4 is 22.0 Å². The molecule has 1 aromatic carbocycles. The van der Waals surface area contributed by atoms with Gasteiger partial charge in [0, 0.05) is 11.5 Å². The molecule has 0 bridgehead atoms. The van der Waals surface area contributed by atoms with Crippen LogP contribution in [0.25, 0.3) is 0 Å². The number of carboxylic acid groups (broad SMARTS) is 1.